The summed E-state index contributed by atoms with van der Waals surface area (Å²) in [6, 6.07) is 5.27. The molecule has 0 aromatic heterocycles. The first-order valence-electron chi connectivity index (χ1n) is 5.41. The lowest BCUT2D eigenvalue weighted by Crippen LogP contribution is -2.42. The summed E-state index contributed by atoms with van der Waals surface area (Å²) in [4.78, 5) is 13.2. The molecule has 0 aliphatic carbocycles. The summed E-state index contributed by atoms with van der Waals surface area (Å²) in [5, 5.41) is 0. The highest BCUT2D eigenvalue weighted by molar-refractivity contribution is 5.94. The number of piperidine rings is 1. The van der Waals surface area contributed by atoms with E-state index in [-0.39, 0.29) is 37.4 Å². The molecule has 2 rings (SSSR count). The Kier molecular flexibility index (Phi) is 3.09. The van der Waals surface area contributed by atoms with E-state index in [2.05, 4.69) is 0 Å². The maximum absolute atomic E-state index is 12.9. The molecule has 0 unspecified atom stereocenters. The molecule has 1 aromatic carbocycles. The van der Waals surface area contributed by atoms with Crippen LogP contribution in [0.5, 0.6) is 0 Å². The Morgan fingerprint density at radius 3 is 2.47 bits per heavy atom. The fourth-order valence-electron chi connectivity index (χ4n) is 1.84. The number of carbonyl (C=O) groups is 1. The van der Waals surface area contributed by atoms with Gasteiger partial charge in [-0.25, -0.2) is 13.2 Å². The van der Waals surface area contributed by atoms with Gasteiger partial charge in [-0.15, -0.1) is 0 Å². The molecule has 1 aliphatic heterocycles. The van der Waals surface area contributed by atoms with E-state index in [0.717, 1.165) is 6.07 Å². The zero-order valence-corrected chi connectivity index (χ0v) is 9.13. The van der Waals surface area contributed by atoms with Crippen molar-refractivity contribution in [2.75, 3.05) is 13.1 Å². The SMILES string of the molecule is O=C(c1cccc(F)c1)N1CCC(F)(F)CC1. The zero-order valence-electron chi connectivity index (χ0n) is 9.13. The molecule has 1 heterocycles. The number of hydrogen-bond acceptors (Lipinski definition) is 1. The summed E-state index contributed by atoms with van der Waals surface area (Å²) in [6.45, 7) is 0.0324. The molecule has 5 heteroatoms. The van der Waals surface area contributed by atoms with Gasteiger partial charge in [-0.3, -0.25) is 4.79 Å². The fourth-order valence-corrected chi connectivity index (χ4v) is 1.84. The number of benzene rings is 1. The van der Waals surface area contributed by atoms with Gasteiger partial charge in [0.1, 0.15) is 5.82 Å². The maximum atomic E-state index is 12.9. The highest BCUT2D eigenvalue weighted by Crippen LogP contribution is 2.28. The number of rotatable bonds is 1. The maximum Gasteiger partial charge on any atom is 0.253 e. The van der Waals surface area contributed by atoms with Crippen LogP contribution >= 0.6 is 0 Å². The van der Waals surface area contributed by atoms with E-state index < -0.39 is 11.7 Å². The second-order valence-electron chi connectivity index (χ2n) is 4.16. The van der Waals surface area contributed by atoms with Gasteiger partial charge in [0.2, 0.25) is 0 Å². The van der Waals surface area contributed by atoms with Crippen molar-refractivity contribution < 1.29 is 18.0 Å². The molecule has 0 radical (unpaired) electrons. The van der Waals surface area contributed by atoms with Crippen LogP contribution in [0.25, 0.3) is 0 Å². The number of amides is 1. The van der Waals surface area contributed by atoms with Crippen molar-refractivity contribution in [1.82, 2.24) is 4.90 Å². The molecule has 0 bridgehead atoms. The average Bonchev–Trinajstić information content (AvgIpc) is 2.28. The third-order valence-electron chi connectivity index (χ3n) is 2.85. The molecular formula is C12H12F3NO. The monoisotopic (exact) mass is 243 g/mol. The first kappa shape index (κ1) is 12.0. The lowest BCUT2D eigenvalue weighted by Gasteiger charge is -2.31. The van der Waals surface area contributed by atoms with Gasteiger partial charge in [0.05, 0.1) is 0 Å². The van der Waals surface area contributed by atoms with Crippen LogP contribution in [0.15, 0.2) is 24.3 Å². The summed E-state index contributed by atoms with van der Waals surface area (Å²) < 4.78 is 38.7. The molecule has 0 N–H and O–H groups in total. The Morgan fingerprint density at radius 2 is 1.88 bits per heavy atom. The number of alkyl halides is 2. The predicted octanol–water partition coefficient (Wildman–Crippen LogP) is 2.70. The second-order valence-corrected chi connectivity index (χ2v) is 4.16. The van der Waals surface area contributed by atoms with Gasteiger partial charge in [-0.2, -0.15) is 0 Å². The molecule has 1 aromatic rings. The molecular weight excluding hydrogens is 231 g/mol. The van der Waals surface area contributed by atoms with Crippen molar-refractivity contribution in [3.8, 4) is 0 Å². The van der Waals surface area contributed by atoms with Gasteiger partial charge in [0.15, 0.2) is 0 Å². The van der Waals surface area contributed by atoms with Gasteiger partial charge in [-0.05, 0) is 18.2 Å². The summed E-state index contributed by atoms with van der Waals surface area (Å²) >= 11 is 0. The van der Waals surface area contributed by atoms with Crippen LogP contribution in [-0.4, -0.2) is 29.8 Å². The smallest absolute Gasteiger partial charge is 0.253 e. The summed E-state index contributed by atoms with van der Waals surface area (Å²) in [6.07, 6.45) is -0.651. The van der Waals surface area contributed by atoms with Gasteiger partial charge in [0, 0.05) is 31.5 Å². The molecule has 0 atom stereocenters. The Bertz CT molecular complexity index is 424. The molecule has 92 valence electrons. The van der Waals surface area contributed by atoms with Crippen LogP contribution in [0, 0.1) is 5.82 Å². The van der Waals surface area contributed by atoms with E-state index in [0.29, 0.717) is 0 Å². The molecule has 1 aliphatic rings. The zero-order chi connectivity index (χ0) is 12.5. The normalized spacial score (nSPS) is 19.1. The van der Waals surface area contributed by atoms with Crippen molar-refractivity contribution in [1.29, 1.82) is 0 Å². The minimum absolute atomic E-state index is 0.0162. The number of carbonyl (C=O) groups excluding carboxylic acids is 1. The molecule has 17 heavy (non-hydrogen) atoms. The van der Waals surface area contributed by atoms with Crippen LogP contribution in [-0.2, 0) is 0 Å². The first-order valence-corrected chi connectivity index (χ1v) is 5.41. The summed E-state index contributed by atoms with van der Waals surface area (Å²) in [7, 11) is 0. The second kappa shape index (κ2) is 4.39. The van der Waals surface area contributed by atoms with Crippen molar-refractivity contribution in [3.63, 3.8) is 0 Å². The highest BCUT2D eigenvalue weighted by Gasteiger charge is 2.35. The van der Waals surface area contributed by atoms with Crippen molar-refractivity contribution in [2.45, 2.75) is 18.8 Å². The average molecular weight is 243 g/mol. The van der Waals surface area contributed by atoms with Gasteiger partial charge >= 0.3 is 0 Å². The van der Waals surface area contributed by atoms with E-state index in [1.165, 1.54) is 23.1 Å². The number of likely N-dealkylation sites (tertiary alicyclic amines) is 1. The lowest BCUT2D eigenvalue weighted by molar-refractivity contribution is -0.0494. The molecule has 0 spiro atoms. The molecule has 1 fully saturated rings. The van der Waals surface area contributed by atoms with Crippen LogP contribution in [0.4, 0.5) is 13.2 Å². The minimum atomic E-state index is -2.68. The molecule has 1 saturated heterocycles. The van der Waals surface area contributed by atoms with Crippen molar-refractivity contribution >= 4 is 5.91 Å². The molecule has 0 saturated carbocycles. The van der Waals surface area contributed by atoms with Gasteiger partial charge in [0.25, 0.3) is 11.8 Å². The Morgan fingerprint density at radius 1 is 1.24 bits per heavy atom. The number of nitrogens with zero attached hydrogens (tertiary/aromatic N) is 1. The number of halogens is 3. The Labute approximate surface area is 97.0 Å². The number of hydrogen-bond donors (Lipinski definition) is 0. The van der Waals surface area contributed by atoms with E-state index in [1.807, 2.05) is 0 Å². The lowest BCUT2D eigenvalue weighted by atomic mass is 10.1. The molecule has 1 amide bonds. The van der Waals surface area contributed by atoms with E-state index in [1.54, 1.807) is 0 Å². The van der Waals surface area contributed by atoms with Crippen molar-refractivity contribution in [2.24, 2.45) is 0 Å². The van der Waals surface area contributed by atoms with Crippen molar-refractivity contribution in [3.05, 3.63) is 35.6 Å². The van der Waals surface area contributed by atoms with E-state index in [9.17, 15) is 18.0 Å². The predicted molar refractivity (Wildman–Crippen MR) is 56.5 cm³/mol. The third kappa shape index (κ3) is 2.78. The Balaban J connectivity index is 2.07. The largest absolute Gasteiger partial charge is 0.338 e. The van der Waals surface area contributed by atoms with Gasteiger partial charge < -0.3 is 4.90 Å². The fraction of sp³-hybridized carbons (Fsp3) is 0.417. The van der Waals surface area contributed by atoms with E-state index >= 15 is 0 Å². The van der Waals surface area contributed by atoms with Gasteiger partial charge in [-0.1, -0.05) is 6.07 Å². The first-order chi connectivity index (χ1) is 7.98. The van der Waals surface area contributed by atoms with Crippen LogP contribution in [0.1, 0.15) is 23.2 Å². The van der Waals surface area contributed by atoms with E-state index in [4.69, 9.17) is 0 Å². The molecule has 2 nitrogen and oxygen atoms in total. The topological polar surface area (TPSA) is 20.3 Å². The highest BCUT2D eigenvalue weighted by atomic mass is 19.3. The van der Waals surface area contributed by atoms with Crippen LogP contribution < -0.4 is 0 Å². The quantitative estimate of drug-likeness (QED) is 0.742. The van der Waals surface area contributed by atoms with Crippen LogP contribution in [0.2, 0.25) is 0 Å². The van der Waals surface area contributed by atoms with Crippen LogP contribution in [0.3, 0.4) is 0 Å². The summed E-state index contributed by atoms with van der Waals surface area (Å²) in [5.41, 5.74) is 0.204. The third-order valence-corrected chi connectivity index (χ3v) is 2.85. The minimum Gasteiger partial charge on any atom is -0.338 e. The Hall–Kier alpha value is -1.52. The summed E-state index contributed by atoms with van der Waals surface area (Å²) in [5.74, 6) is -3.57. The standard InChI is InChI=1S/C12H12F3NO/c13-10-3-1-2-9(8-10)11(17)16-6-4-12(14,15)5-7-16/h1-3,8H,4-7H2.